The first-order chi connectivity index (χ1) is 18.3. The highest BCUT2D eigenvalue weighted by Gasteiger charge is 2.41. The summed E-state index contributed by atoms with van der Waals surface area (Å²) in [5.74, 6) is -0.0418. The molecule has 194 valence electrons. The normalized spacial score (nSPS) is 16.9. The Morgan fingerprint density at radius 1 is 1.00 bits per heavy atom. The third-order valence-electron chi connectivity index (χ3n) is 7.23. The third kappa shape index (κ3) is 5.07. The van der Waals surface area contributed by atoms with Crippen LogP contribution in [-0.2, 0) is 4.79 Å². The second kappa shape index (κ2) is 10.8. The monoisotopic (exact) mass is 523 g/mol. The van der Waals surface area contributed by atoms with Gasteiger partial charge in [-0.25, -0.2) is 0 Å². The van der Waals surface area contributed by atoms with Crippen molar-refractivity contribution in [3.63, 3.8) is 0 Å². The first kappa shape index (κ1) is 25.7. The van der Waals surface area contributed by atoms with Gasteiger partial charge in [-0.05, 0) is 93.0 Å². The van der Waals surface area contributed by atoms with Gasteiger partial charge in [0.2, 0.25) is 5.91 Å². The average molecular weight is 524 g/mol. The number of carbonyl (C=O) groups excluding carboxylic acids is 1. The number of para-hydroxylation sites is 1. The number of aryl methyl sites for hydroxylation is 3. The zero-order valence-corrected chi connectivity index (χ0v) is 23.0. The van der Waals surface area contributed by atoms with Crippen LogP contribution in [0.25, 0.3) is 5.69 Å². The van der Waals surface area contributed by atoms with Gasteiger partial charge in [0.1, 0.15) is 0 Å². The van der Waals surface area contributed by atoms with Crippen molar-refractivity contribution < 1.29 is 4.79 Å². The van der Waals surface area contributed by atoms with Gasteiger partial charge in [0, 0.05) is 41.9 Å². The Hall–Kier alpha value is -3.97. The summed E-state index contributed by atoms with van der Waals surface area (Å²) in [4.78, 5) is 19.6. The molecule has 5 rings (SSSR count). The van der Waals surface area contributed by atoms with Gasteiger partial charge in [-0.15, -0.1) is 0 Å². The van der Waals surface area contributed by atoms with Crippen LogP contribution in [0.1, 0.15) is 52.3 Å². The van der Waals surface area contributed by atoms with E-state index in [-0.39, 0.29) is 18.0 Å². The Kier molecular flexibility index (Phi) is 7.29. The fourth-order valence-electron chi connectivity index (χ4n) is 5.37. The van der Waals surface area contributed by atoms with Gasteiger partial charge >= 0.3 is 0 Å². The van der Waals surface area contributed by atoms with Crippen LogP contribution >= 0.6 is 12.2 Å². The molecule has 0 spiro atoms. The van der Waals surface area contributed by atoms with Crippen LogP contribution in [0.4, 0.5) is 5.69 Å². The standard InChI is InChI=1S/C31H33N5OS/c1-20-13-14-21(2)27(18-20)36-22(3)19-25(23(36)4)30-29(26-12-8-9-16-32-26)34-31(38)35(30)17-15-28(37)33-24-10-6-5-7-11-24/h5-14,16,18-19,29-30H,15,17H2,1-4H3,(H,33,37)(H,34,38)/t29-,30+/m1/s1. The summed E-state index contributed by atoms with van der Waals surface area (Å²) in [5.41, 5.74) is 8.84. The molecule has 2 atom stereocenters. The van der Waals surface area contributed by atoms with Crippen molar-refractivity contribution in [2.75, 3.05) is 11.9 Å². The van der Waals surface area contributed by atoms with Crippen LogP contribution in [0.2, 0.25) is 0 Å². The van der Waals surface area contributed by atoms with Crippen molar-refractivity contribution >= 4 is 28.9 Å². The summed E-state index contributed by atoms with van der Waals surface area (Å²) in [5, 5.41) is 7.14. The minimum Gasteiger partial charge on any atom is -0.352 e. The summed E-state index contributed by atoms with van der Waals surface area (Å²) >= 11 is 5.84. The van der Waals surface area contributed by atoms with Crippen LogP contribution in [0.3, 0.4) is 0 Å². The molecule has 0 unspecified atom stereocenters. The average Bonchev–Trinajstić information content (AvgIpc) is 3.39. The molecule has 1 aliphatic rings. The number of pyridine rings is 1. The zero-order chi connectivity index (χ0) is 26.8. The third-order valence-corrected chi connectivity index (χ3v) is 7.58. The molecule has 0 radical (unpaired) electrons. The minimum absolute atomic E-state index is 0.0418. The van der Waals surface area contributed by atoms with Gasteiger partial charge in [0.15, 0.2) is 5.11 Å². The second-order valence-corrected chi connectivity index (χ2v) is 10.3. The van der Waals surface area contributed by atoms with E-state index in [1.165, 1.54) is 22.4 Å². The van der Waals surface area contributed by atoms with E-state index in [0.717, 1.165) is 22.8 Å². The molecule has 2 aromatic heterocycles. The van der Waals surface area contributed by atoms with Crippen LogP contribution in [0.15, 0.2) is 79.0 Å². The molecule has 7 heteroatoms. The SMILES string of the molecule is Cc1ccc(C)c(-n2c(C)cc([C@H]3[C@@H](c4ccccn4)NC(=S)N3CCC(=O)Nc3ccccc3)c2C)c1. The molecule has 1 aliphatic heterocycles. The van der Waals surface area contributed by atoms with Gasteiger partial charge in [0.25, 0.3) is 0 Å². The fourth-order valence-corrected chi connectivity index (χ4v) is 5.70. The number of aromatic nitrogens is 2. The van der Waals surface area contributed by atoms with E-state index in [9.17, 15) is 4.79 Å². The van der Waals surface area contributed by atoms with E-state index in [4.69, 9.17) is 12.2 Å². The molecular formula is C31H33N5OS. The highest BCUT2D eigenvalue weighted by Crippen LogP contribution is 2.41. The van der Waals surface area contributed by atoms with Crippen LogP contribution in [0, 0.1) is 27.7 Å². The van der Waals surface area contributed by atoms with Crippen molar-refractivity contribution in [3.8, 4) is 5.69 Å². The van der Waals surface area contributed by atoms with Crippen molar-refractivity contribution in [1.29, 1.82) is 0 Å². The van der Waals surface area contributed by atoms with Gasteiger partial charge < -0.3 is 20.1 Å². The lowest BCUT2D eigenvalue weighted by Gasteiger charge is -2.28. The number of anilines is 1. The number of hydrogen-bond acceptors (Lipinski definition) is 3. The molecule has 2 aromatic carbocycles. The number of hydrogen-bond donors (Lipinski definition) is 2. The molecule has 38 heavy (non-hydrogen) atoms. The zero-order valence-electron chi connectivity index (χ0n) is 22.2. The molecule has 1 amide bonds. The number of rotatable bonds is 7. The molecule has 2 N–H and O–H groups in total. The number of thiocarbonyl (C=S) groups is 1. The number of carbonyl (C=O) groups is 1. The van der Waals surface area contributed by atoms with Crippen LogP contribution in [0.5, 0.6) is 0 Å². The van der Waals surface area contributed by atoms with Crippen molar-refractivity contribution in [3.05, 3.63) is 113 Å². The van der Waals surface area contributed by atoms with Gasteiger partial charge in [-0.1, -0.05) is 36.4 Å². The van der Waals surface area contributed by atoms with E-state index in [2.05, 4.69) is 77.0 Å². The molecule has 3 heterocycles. The van der Waals surface area contributed by atoms with Gasteiger partial charge in [-0.2, -0.15) is 0 Å². The summed E-state index contributed by atoms with van der Waals surface area (Å²) in [6.45, 7) is 9.07. The summed E-state index contributed by atoms with van der Waals surface area (Å²) in [6, 6.07) is 24.1. The second-order valence-electron chi connectivity index (χ2n) is 9.94. The maximum absolute atomic E-state index is 12.8. The minimum atomic E-state index is -0.131. The van der Waals surface area contributed by atoms with Gasteiger partial charge in [0.05, 0.1) is 17.8 Å². The predicted molar refractivity (Wildman–Crippen MR) is 157 cm³/mol. The Morgan fingerprint density at radius 3 is 2.50 bits per heavy atom. The molecule has 0 saturated carbocycles. The highest BCUT2D eigenvalue weighted by atomic mass is 32.1. The van der Waals surface area contributed by atoms with E-state index < -0.39 is 0 Å². The lowest BCUT2D eigenvalue weighted by molar-refractivity contribution is -0.116. The number of benzene rings is 2. The maximum atomic E-state index is 12.8. The van der Waals surface area contributed by atoms with Crippen LogP contribution < -0.4 is 10.6 Å². The lowest BCUT2D eigenvalue weighted by atomic mass is 9.96. The molecule has 0 bridgehead atoms. The quantitative estimate of drug-likeness (QED) is 0.286. The molecule has 4 aromatic rings. The highest BCUT2D eigenvalue weighted by molar-refractivity contribution is 7.80. The number of nitrogens with zero attached hydrogens (tertiary/aromatic N) is 3. The predicted octanol–water partition coefficient (Wildman–Crippen LogP) is 6.11. The summed E-state index contributed by atoms with van der Waals surface area (Å²) in [7, 11) is 0. The van der Waals surface area contributed by atoms with E-state index in [0.29, 0.717) is 18.1 Å². The molecule has 1 fully saturated rings. The van der Waals surface area contributed by atoms with E-state index in [1.54, 1.807) is 0 Å². The van der Waals surface area contributed by atoms with Crippen molar-refractivity contribution in [2.24, 2.45) is 0 Å². The lowest BCUT2D eigenvalue weighted by Crippen LogP contribution is -2.32. The fraction of sp³-hybridized carbons (Fsp3) is 0.258. The number of amides is 1. The smallest absolute Gasteiger partial charge is 0.226 e. The van der Waals surface area contributed by atoms with E-state index in [1.807, 2.05) is 54.7 Å². The summed E-state index contributed by atoms with van der Waals surface area (Å²) < 4.78 is 2.33. The molecular weight excluding hydrogens is 490 g/mol. The van der Waals surface area contributed by atoms with E-state index >= 15 is 0 Å². The topological polar surface area (TPSA) is 62.2 Å². The molecule has 0 aliphatic carbocycles. The molecule has 1 saturated heterocycles. The molecule has 6 nitrogen and oxygen atoms in total. The Labute approximate surface area is 229 Å². The largest absolute Gasteiger partial charge is 0.352 e. The van der Waals surface area contributed by atoms with Crippen molar-refractivity contribution in [2.45, 2.75) is 46.2 Å². The maximum Gasteiger partial charge on any atom is 0.226 e. The van der Waals surface area contributed by atoms with Gasteiger partial charge in [-0.3, -0.25) is 9.78 Å². The Balaban J connectivity index is 1.50. The first-order valence-electron chi connectivity index (χ1n) is 12.9. The first-order valence-corrected chi connectivity index (χ1v) is 13.3. The Bertz CT molecular complexity index is 1460. The summed E-state index contributed by atoms with van der Waals surface area (Å²) in [6.07, 6.45) is 2.13. The van der Waals surface area contributed by atoms with Crippen molar-refractivity contribution in [1.82, 2.24) is 19.8 Å². The number of nitrogens with one attached hydrogen (secondary N) is 2. The Morgan fingerprint density at radius 2 is 1.76 bits per heavy atom. The van der Waals surface area contributed by atoms with Crippen LogP contribution in [-0.4, -0.2) is 32.0 Å².